The van der Waals surface area contributed by atoms with Crippen molar-refractivity contribution in [2.24, 2.45) is 11.8 Å². The molecule has 0 bridgehead atoms. The van der Waals surface area contributed by atoms with E-state index in [-0.39, 0.29) is 23.5 Å². The van der Waals surface area contributed by atoms with E-state index >= 15 is 0 Å². The second-order valence-electron chi connectivity index (χ2n) is 4.34. The summed E-state index contributed by atoms with van der Waals surface area (Å²) in [6.45, 7) is 0. The quantitative estimate of drug-likeness (QED) is 0.633. The molecule has 0 heterocycles. The number of carbonyl (C=O) groups excluding carboxylic acids is 2. The van der Waals surface area contributed by atoms with Crippen LogP contribution in [0.5, 0.6) is 0 Å². The SMILES string of the molecule is CON(C)C(=O)[C@H]1C[C@@H]1C(=O)c1cccc(Br)c1. The van der Waals surface area contributed by atoms with Gasteiger partial charge in [0.1, 0.15) is 0 Å². The highest BCUT2D eigenvalue weighted by Crippen LogP contribution is 2.42. The van der Waals surface area contributed by atoms with Gasteiger partial charge in [-0.25, -0.2) is 5.06 Å². The summed E-state index contributed by atoms with van der Waals surface area (Å²) in [7, 11) is 2.99. The minimum atomic E-state index is -0.235. The van der Waals surface area contributed by atoms with Gasteiger partial charge in [-0.15, -0.1) is 0 Å². The maximum absolute atomic E-state index is 12.2. The summed E-state index contributed by atoms with van der Waals surface area (Å²) < 4.78 is 0.867. The number of halogens is 1. The summed E-state index contributed by atoms with van der Waals surface area (Å²) in [5.74, 6) is -0.546. The average Bonchev–Trinajstić information content (AvgIpc) is 3.16. The van der Waals surface area contributed by atoms with Gasteiger partial charge in [-0.3, -0.25) is 14.4 Å². The molecule has 18 heavy (non-hydrogen) atoms. The van der Waals surface area contributed by atoms with Crippen molar-refractivity contribution < 1.29 is 14.4 Å². The Hall–Kier alpha value is -1.20. The van der Waals surface area contributed by atoms with E-state index in [1.165, 1.54) is 12.2 Å². The molecular weight excluding hydrogens is 298 g/mol. The molecule has 2 rings (SSSR count). The number of rotatable bonds is 4. The first-order valence-corrected chi connectivity index (χ1v) is 6.45. The number of amides is 1. The lowest BCUT2D eigenvalue weighted by molar-refractivity contribution is -0.170. The number of hydrogen-bond donors (Lipinski definition) is 0. The molecule has 0 N–H and O–H groups in total. The number of ketones is 1. The summed E-state index contributed by atoms with van der Waals surface area (Å²) >= 11 is 3.33. The summed E-state index contributed by atoms with van der Waals surface area (Å²) in [6, 6.07) is 7.23. The van der Waals surface area contributed by atoms with Crippen LogP contribution < -0.4 is 0 Å². The monoisotopic (exact) mass is 311 g/mol. The van der Waals surface area contributed by atoms with Crippen LogP contribution in [0.1, 0.15) is 16.8 Å². The molecule has 2 atom stereocenters. The predicted molar refractivity (Wildman–Crippen MR) is 69.8 cm³/mol. The molecule has 5 heteroatoms. The average molecular weight is 312 g/mol. The van der Waals surface area contributed by atoms with Crippen molar-refractivity contribution in [2.45, 2.75) is 6.42 Å². The van der Waals surface area contributed by atoms with Crippen molar-refractivity contribution in [3.05, 3.63) is 34.3 Å². The zero-order chi connectivity index (χ0) is 13.3. The second-order valence-corrected chi connectivity index (χ2v) is 5.26. The fourth-order valence-electron chi connectivity index (χ4n) is 1.94. The Kier molecular flexibility index (Phi) is 3.82. The molecule has 0 spiro atoms. The van der Waals surface area contributed by atoms with Crippen molar-refractivity contribution in [1.82, 2.24) is 5.06 Å². The largest absolute Gasteiger partial charge is 0.294 e. The lowest BCUT2D eigenvalue weighted by Crippen LogP contribution is -2.28. The van der Waals surface area contributed by atoms with Crippen LogP contribution in [0.25, 0.3) is 0 Å². The van der Waals surface area contributed by atoms with Gasteiger partial charge in [-0.05, 0) is 18.6 Å². The Morgan fingerprint density at radius 3 is 2.72 bits per heavy atom. The topological polar surface area (TPSA) is 46.6 Å². The van der Waals surface area contributed by atoms with Gasteiger partial charge in [0.2, 0.25) is 5.91 Å². The molecule has 0 aromatic heterocycles. The molecule has 1 aromatic rings. The van der Waals surface area contributed by atoms with Gasteiger partial charge in [0, 0.05) is 23.0 Å². The van der Waals surface area contributed by atoms with Gasteiger partial charge < -0.3 is 0 Å². The molecule has 4 nitrogen and oxygen atoms in total. The third-order valence-corrected chi connectivity index (χ3v) is 3.63. The van der Waals surface area contributed by atoms with E-state index in [1.807, 2.05) is 12.1 Å². The number of hydroxylamine groups is 2. The molecule has 1 aliphatic carbocycles. The Morgan fingerprint density at radius 2 is 2.11 bits per heavy atom. The minimum Gasteiger partial charge on any atom is -0.294 e. The van der Waals surface area contributed by atoms with E-state index in [0.29, 0.717) is 12.0 Å². The minimum absolute atomic E-state index is 0.0270. The molecule has 0 unspecified atom stereocenters. The molecule has 1 aromatic carbocycles. The second kappa shape index (κ2) is 5.20. The molecule has 0 saturated heterocycles. The molecule has 0 aliphatic heterocycles. The first kappa shape index (κ1) is 13.2. The van der Waals surface area contributed by atoms with Crippen LogP contribution in [-0.4, -0.2) is 30.9 Å². The molecular formula is C13H14BrNO3. The highest BCUT2D eigenvalue weighted by molar-refractivity contribution is 9.10. The van der Waals surface area contributed by atoms with Gasteiger partial charge in [0.15, 0.2) is 5.78 Å². The van der Waals surface area contributed by atoms with E-state index in [0.717, 1.165) is 4.47 Å². The van der Waals surface area contributed by atoms with Gasteiger partial charge >= 0.3 is 0 Å². The molecule has 1 saturated carbocycles. The number of hydrogen-bond acceptors (Lipinski definition) is 3. The van der Waals surface area contributed by atoms with Crippen LogP contribution in [0, 0.1) is 11.8 Å². The number of benzene rings is 1. The van der Waals surface area contributed by atoms with Crippen molar-refractivity contribution >= 4 is 27.6 Å². The molecule has 0 radical (unpaired) electrons. The Morgan fingerprint density at radius 1 is 1.39 bits per heavy atom. The zero-order valence-electron chi connectivity index (χ0n) is 10.2. The lowest BCUT2D eigenvalue weighted by atomic mass is 10.1. The van der Waals surface area contributed by atoms with Gasteiger partial charge in [-0.1, -0.05) is 28.1 Å². The van der Waals surface area contributed by atoms with E-state index in [9.17, 15) is 9.59 Å². The third-order valence-electron chi connectivity index (χ3n) is 3.14. The number of Topliss-reactive ketones (excluding diaryl/α,β-unsaturated/α-hetero) is 1. The lowest BCUT2D eigenvalue weighted by Gasteiger charge is -2.13. The fourth-order valence-corrected chi connectivity index (χ4v) is 2.34. The Bertz CT molecular complexity index is 489. The molecule has 1 amide bonds. The standard InChI is InChI=1S/C13H14BrNO3/c1-15(18-2)13(17)11-7-10(11)12(16)8-4-3-5-9(14)6-8/h3-6,10-11H,7H2,1-2H3/t10-,11-/m0/s1. The molecule has 1 fully saturated rings. The summed E-state index contributed by atoms with van der Waals surface area (Å²) in [6.07, 6.45) is 0.609. The van der Waals surface area contributed by atoms with E-state index in [2.05, 4.69) is 15.9 Å². The highest BCUT2D eigenvalue weighted by atomic mass is 79.9. The third kappa shape index (κ3) is 2.62. The van der Waals surface area contributed by atoms with Crippen LogP contribution in [0.2, 0.25) is 0 Å². The van der Waals surface area contributed by atoms with Crippen LogP contribution >= 0.6 is 15.9 Å². The first-order chi connectivity index (χ1) is 8.54. The summed E-state index contributed by atoms with van der Waals surface area (Å²) in [5, 5.41) is 1.18. The van der Waals surface area contributed by atoms with Crippen LogP contribution in [0.4, 0.5) is 0 Å². The number of nitrogens with zero attached hydrogens (tertiary/aromatic N) is 1. The van der Waals surface area contributed by atoms with Gasteiger partial charge in [-0.2, -0.15) is 0 Å². The Balaban J connectivity index is 2.04. The molecule has 1 aliphatic rings. The zero-order valence-corrected chi connectivity index (χ0v) is 11.8. The summed E-state index contributed by atoms with van der Waals surface area (Å²) in [4.78, 5) is 28.8. The van der Waals surface area contributed by atoms with Gasteiger partial charge in [0.05, 0.1) is 13.0 Å². The number of carbonyl (C=O) groups is 2. The summed E-state index contributed by atoms with van der Waals surface area (Å²) in [5.41, 5.74) is 0.643. The highest BCUT2D eigenvalue weighted by Gasteiger charge is 2.49. The maximum atomic E-state index is 12.2. The first-order valence-electron chi connectivity index (χ1n) is 5.66. The van der Waals surface area contributed by atoms with E-state index in [4.69, 9.17) is 4.84 Å². The fraction of sp³-hybridized carbons (Fsp3) is 0.385. The maximum Gasteiger partial charge on any atom is 0.249 e. The van der Waals surface area contributed by atoms with Crippen molar-refractivity contribution in [2.75, 3.05) is 14.2 Å². The van der Waals surface area contributed by atoms with Crippen molar-refractivity contribution in [3.8, 4) is 0 Å². The molecule has 96 valence electrons. The van der Waals surface area contributed by atoms with Crippen LogP contribution in [0.15, 0.2) is 28.7 Å². The van der Waals surface area contributed by atoms with Crippen LogP contribution in [0.3, 0.4) is 0 Å². The van der Waals surface area contributed by atoms with E-state index < -0.39 is 0 Å². The van der Waals surface area contributed by atoms with Crippen molar-refractivity contribution in [3.63, 3.8) is 0 Å². The normalized spacial score (nSPS) is 21.5. The van der Waals surface area contributed by atoms with Crippen molar-refractivity contribution in [1.29, 1.82) is 0 Å². The smallest absolute Gasteiger partial charge is 0.249 e. The Labute approximate surface area is 114 Å². The van der Waals surface area contributed by atoms with E-state index in [1.54, 1.807) is 19.2 Å². The van der Waals surface area contributed by atoms with Gasteiger partial charge in [0.25, 0.3) is 0 Å². The van der Waals surface area contributed by atoms with Crippen LogP contribution in [-0.2, 0) is 9.63 Å². The predicted octanol–water partition coefficient (Wildman–Crippen LogP) is 2.29.